The largest absolute Gasteiger partial charge is 0.297 e. The molecule has 2 aliphatic rings. The number of likely N-dealkylation sites (tertiary alicyclic amines) is 1. The van der Waals surface area contributed by atoms with Crippen LogP contribution in [0.1, 0.15) is 56.9 Å². The van der Waals surface area contributed by atoms with Gasteiger partial charge < -0.3 is 0 Å². The lowest BCUT2D eigenvalue weighted by Gasteiger charge is -2.48. The van der Waals surface area contributed by atoms with Gasteiger partial charge in [-0.2, -0.15) is 0 Å². The van der Waals surface area contributed by atoms with Gasteiger partial charge in [-0.25, -0.2) is 0 Å². The van der Waals surface area contributed by atoms with Crippen LogP contribution in [0.2, 0.25) is 0 Å². The minimum Gasteiger partial charge on any atom is -0.297 e. The van der Waals surface area contributed by atoms with Crippen molar-refractivity contribution in [3.8, 4) is 0 Å². The molecule has 19 heavy (non-hydrogen) atoms. The van der Waals surface area contributed by atoms with E-state index in [0.717, 1.165) is 0 Å². The number of hydrogen-bond acceptors (Lipinski definition) is 1. The van der Waals surface area contributed by atoms with Crippen molar-refractivity contribution in [2.24, 2.45) is 0 Å². The van der Waals surface area contributed by atoms with E-state index in [1.54, 1.807) is 0 Å². The molecule has 0 amide bonds. The molecule has 1 saturated heterocycles. The smallest absolute Gasteiger partial charge is 0.0249 e. The van der Waals surface area contributed by atoms with Gasteiger partial charge in [-0.1, -0.05) is 56.0 Å². The second-order valence-corrected chi connectivity index (χ2v) is 6.50. The third-order valence-electron chi connectivity index (χ3n) is 5.19. The summed E-state index contributed by atoms with van der Waals surface area (Å²) in [6.07, 6.45) is 12.7. The maximum Gasteiger partial charge on any atom is 0.0249 e. The van der Waals surface area contributed by atoms with E-state index in [4.69, 9.17) is 0 Å². The molecule has 1 aromatic rings. The van der Waals surface area contributed by atoms with Crippen LogP contribution in [0.15, 0.2) is 30.3 Å². The first-order chi connectivity index (χ1) is 9.39. The molecule has 1 aliphatic carbocycles. The van der Waals surface area contributed by atoms with Gasteiger partial charge in [0.25, 0.3) is 0 Å². The molecule has 1 heterocycles. The fourth-order valence-electron chi connectivity index (χ4n) is 4.16. The van der Waals surface area contributed by atoms with Crippen LogP contribution in [-0.4, -0.2) is 23.5 Å². The third-order valence-corrected chi connectivity index (χ3v) is 5.19. The van der Waals surface area contributed by atoms with E-state index in [1.165, 1.54) is 76.4 Å². The summed E-state index contributed by atoms with van der Waals surface area (Å²) in [5.41, 5.74) is 2.02. The van der Waals surface area contributed by atoms with Crippen molar-refractivity contribution in [3.63, 3.8) is 0 Å². The second kappa shape index (κ2) is 6.09. The van der Waals surface area contributed by atoms with E-state index in [1.807, 2.05) is 0 Å². The Morgan fingerprint density at radius 2 is 1.42 bits per heavy atom. The first-order valence-electron chi connectivity index (χ1n) is 8.18. The van der Waals surface area contributed by atoms with E-state index in [0.29, 0.717) is 5.54 Å². The van der Waals surface area contributed by atoms with Crippen molar-refractivity contribution in [3.05, 3.63) is 35.9 Å². The second-order valence-electron chi connectivity index (χ2n) is 6.50. The summed E-state index contributed by atoms with van der Waals surface area (Å²) in [7, 11) is 0. The summed E-state index contributed by atoms with van der Waals surface area (Å²) in [6.45, 7) is 2.68. The lowest BCUT2D eigenvalue weighted by Crippen LogP contribution is -2.53. The summed E-state index contributed by atoms with van der Waals surface area (Å²) < 4.78 is 0. The Labute approximate surface area is 118 Å². The van der Waals surface area contributed by atoms with Crippen molar-refractivity contribution in [2.45, 2.75) is 63.3 Å². The van der Waals surface area contributed by atoms with Crippen molar-refractivity contribution >= 4 is 0 Å². The van der Waals surface area contributed by atoms with Gasteiger partial charge in [-0.15, -0.1) is 0 Å². The molecule has 0 unspecified atom stereocenters. The molecular formula is C18H27N. The number of nitrogens with zero attached hydrogens (tertiary/aromatic N) is 1. The lowest BCUT2D eigenvalue weighted by atomic mass is 9.75. The van der Waals surface area contributed by atoms with Gasteiger partial charge in [0, 0.05) is 5.54 Å². The van der Waals surface area contributed by atoms with E-state index >= 15 is 0 Å². The van der Waals surface area contributed by atoms with Gasteiger partial charge in [0.1, 0.15) is 0 Å². The van der Waals surface area contributed by atoms with E-state index in [9.17, 15) is 0 Å². The molecule has 0 atom stereocenters. The zero-order valence-corrected chi connectivity index (χ0v) is 12.1. The zero-order valence-electron chi connectivity index (χ0n) is 12.1. The topological polar surface area (TPSA) is 3.24 Å². The first kappa shape index (κ1) is 13.2. The first-order valence-corrected chi connectivity index (χ1v) is 8.18. The van der Waals surface area contributed by atoms with Crippen LogP contribution in [0.25, 0.3) is 0 Å². The normalized spacial score (nSPS) is 24.2. The Morgan fingerprint density at radius 3 is 2.11 bits per heavy atom. The fourth-order valence-corrected chi connectivity index (χ4v) is 4.16. The highest BCUT2D eigenvalue weighted by Crippen LogP contribution is 2.38. The minimum atomic E-state index is 0.486. The summed E-state index contributed by atoms with van der Waals surface area (Å²) >= 11 is 0. The highest BCUT2D eigenvalue weighted by Gasteiger charge is 2.38. The summed E-state index contributed by atoms with van der Waals surface area (Å²) in [4.78, 5) is 2.85. The maximum absolute atomic E-state index is 2.85. The highest BCUT2D eigenvalue weighted by atomic mass is 15.2. The summed E-state index contributed by atoms with van der Waals surface area (Å²) in [5.74, 6) is 0. The Bertz CT molecular complexity index is 372. The predicted molar refractivity (Wildman–Crippen MR) is 81.4 cm³/mol. The van der Waals surface area contributed by atoms with E-state index in [-0.39, 0.29) is 0 Å². The Balaban J connectivity index is 1.79. The Hall–Kier alpha value is -0.820. The molecule has 2 fully saturated rings. The zero-order chi connectivity index (χ0) is 13.0. The van der Waals surface area contributed by atoms with Crippen LogP contribution in [-0.2, 0) is 6.42 Å². The molecule has 1 aliphatic heterocycles. The summed E-state index contributed by atoms with van der Waals surface area (Å²) in [5, 5.41) is 0. The van der Waals surface area contributed by atoms with Crippen LogP contribution < -0.4 is 0 Å². The quantitative estimate of drug-likeness (QED) is 0.775. The molecule has 0 bridgehead atoms. The van der Waals surface area contributed by atoms with Crippen molar-refractivity contribution in [1.29, 1.82) is 0 Å². The SMILES string of the molecule is c1ccc(CC2(N3CCCCC3)CCCCC2)cc1. The predicted octanol–water partition coefficient (Wildman–Crippen LogP) is 4.42. The average Bonchev–Trinajstić information content (AvgIpc) is 2.50. The molecule has 1 saturated carbocycles. The highest BCUT2D eigenvalue weighted by molar-refractivity contribution is 5.18. The molecule has 1 heteroatoms. The van der Waals surface area contributed by atoms with Gasteiger partial charge in [0.2, 0.25) is 0 Å². The van der Waals surface area contributed by atoms with Gasteiger partial charge >= 0.3 is 0 Å². The Morgan fingerprint density at radius 1 is 0.789 bits per heavy atom. The van der Waals surface area contributed by atoms with Gasteiger partial charge in [0.15, 0.2) is 0 Å². The van der Waals surface area contributed by atoms with Gasteiger partial charge in [-0.3, -0.25) is 4.90 Å². The fraction of sp³-hybridized carbons (Fsp3) is 0.667. The molecule has 0 N–H and O–H groups in total. The number of hydrogen-bond donors (Lipinski definition) is 0. The van der Waals surface area contributed by atoms with Gasteiger partial charge in [-0.05, 0) is 50.8 Å². The van der Waals surface area contributed by atoms with Crippen LogP contribution in [0.4, 0.5) is 0 Å². The number of piperidine rings is 1. The number of benzene rings is 1. The van der Waals surface area contributed by atoms with Crippen LogP contribution >= 0.6 is 0 Å². The van der Waals surface area contributed by atoms with Crippen LogP contribution in [0.3, 0.4) is 0 Å². The maximum atomic E-state index is 2.85. The molecule has 3 rings (SSSR count). The lowest BCUT2D eigenvalue weighted by molar-refractivity contribution is 0.0336. The number of rotatable bonds is 3. The minimum absolute atomic E-state index is 0.486. The molecule has 1 aromatic carbocycles. The average molecular weight is 257 g/mol. The molecular weight excluding hydrogens is 230 g/mol. The van der Waals surface area contributed by atoms with Crippen LogP contribution in [0.5, 0.6) is 0 Å². The monoisotopic (exact) mass is 257 g/mol. The van der Waals surface area contributed by atoms with E-state index < -0.39 is 0 Å². The van der Waals surface area contributed by atoms with Crippen LogP contribution in [0, 0.1) is 0 Å². The summed E-state index contributed by atoms with van der Waals surface area (Å²) in [6, 6.07) is 11.2. The third kappa shape index (κ3) is 3.02. The molecule has 104 valence electrons. The molecule has 0 radical (unpaired) electrons. The molecule has 0 aromatic heterocycles. The van der Waals surface area contributed by atoms with Gasteiger partial charge in [0.05, 0.1) is 0 Å². The standard InChI is InChI=1S/C18H27N/c1-4-10-17(11-5-1)16-18(12-6-2-7-13-18)19-14-8-3-9-15-19/h1,4-5,10-11H,2-3,6-9,12-16H2. The van der Waals surface area contributed by atoms with Crippen molar-refractivity contribution in [1.82, 2.24) is 4.90 Å². The molecule has 0 spiro atoms. The van der Waals surface area contributed by atoms with Crippen molar-refractivity contribution < 1.29 is 0 Å². The van der Waals surface area contributed by atoms with E-state index in [2.05, 4.69) is 35.2 Å². The van der Waals surface area contributed by atoms with Crippen molar-refractivity contribution in [2.75, 3.05) is 13.1 Å². The Kier molecular flexibility index (Phi) is 4.22. The molecule has 1 nitrogen and oxygen atoms in total.